The quantitative estimate of drug-likeness (QED) is 0.929. The second kappa shape index (κ2) is 5.41. The number of amides is 1. The Labute approximate surface area is 124 Å². The van der Waals surface area contributed by atoms with Gasteiger partial charge in [-0.2, -0.15) is 0 Å². The second-order valence-corrected chi connectivity index (χ2v) is 6.48. The molecule has 3 nitrogen and oxygen atoms in total. The fourth-order valence-electron chi connectivity index (χ4n) is 3.59. The van der Waals surface area contributed by atoms with E-state index in [2.05, 4.69) is 0 Å². The lowest BCUT2D eigenvalue weighted by Gasteiger charge is -2.43. The third-order valence-electron chi connectivity index (χ3n) is 5.21. The van der Waals surface area contributed by atoms with Crippen LogP contribution in [0, 0.1) is 11.7 Å². The van der Waals surface area contributed by atoms with Crippen molar-refractivity contribution in [2.45, 2.75) is 44.1 Å². The zero-order valence-corrected chi connectivity index (χ0v) is 12.4. The molecule has 1 saturated heterocycles. The van der Waals surface area contributed by atoms with Crippen molar-refractivity contribution in [2.24, 2.45) is 5.92 Å². The monoisotopic (exact) mass is 291 g/mol. The molecule has 1 aromatic rings. The van der Waals surface area contributed by atoms with Crippen LogP contribution in [-0.4, -0.2) is 35.1 Å². The van der Waals surface area contributed by atoms with Crippen molar-refractivity contribution >= 4 is 5.91 Å². The van der Waals surface area contributed by atoms with Gasteiger partial charge in [0.25, 0.3) is 0 Å². The maximum Gasteiger partial charge on any atom is 0.233 e. The molecule has 1 heterocycles. The van der Waals surface area contributed by atoms with Crippen LogP contribution in [-0.2, 0) is 10.2 Å². The third-order valence-corrected chi connectivity index (χ3v) is 5.21. The molecular weight excluding hydrogens is 269 g/mol. The highest BCUT2D eigenvalue weighted by molar-refractivity contribution is 5.89. The molecule has 1 aliphatic carbocycles. The molecule has 0 radical (unpaired) electrons. The fraction of sp³-hybridized carbons (Fsp3) is 0.588. The van der Waals surface area contributed by atoms with Gasteiger partial charge in [-0.1, -0.05) is 18.6 Å². The van der Waals surface area contributed by atoms with Gasteiger partial charge in [0.1, 0.15) is 5.82 Å². The highest BCUT2D eigenvalue weighted by Gasteiger charge is 2.48. The average Bonchev–Trinajstić information content (AvgIpc) is 2.89. The predicted octanol–water partition coefficient (Wildman–Crippen LogP) is 2.48. The number of carbonyl (C=O) groups excluding carboxylic acids is 1. The van der Waals surface area contributed by atoms with Crippen LogP contribution in [0.2, 0.25) is 0 Å². The molecule has 2 fully saturated rings. The number of hydrogen-bond donors (Lipinski definition) is 1. The first-order valence-corrected chi connectivity index (χ1v) is 7.76. The summed E-state index contributed by atoms with van der Waals surface area (Å²) in [6, 6.07) is 6.36. The van der Waals surface area contributed by atoms with Crippen molar-refractivity contribution in [3.63, 3.8) is 0 Å². The zero-order valence-electron chi connectivity index (χ0n) is 12.4. The first kappa shape index (κ1) is 14.5. The second-order valence-electron chi connectivity index (χ2n) is 6.48. The van der Waals surface area contributed by atoms with Crippen LogP contribution in [0.25, 0.3) is 0 Å². The number of carbonyl (C=O) groups is 1. The summed E-state index contributed by atoms with van der Waals surface area (Å²) in [7, 11) is 0. The van der Waals surface area contributed by atoms with Gasteiger partial charge in [0.05, 0.1) is 11.5 Å². The smallest absolute Gasteiger partial charge is 0.233 e. The Morgan fingerprint density at radius 3 is 2.52 bits per heavy atom. The van der Waals surface area contributed by atoms with Crippen LogP contribution in [0.5, 0.6) is 0 Å². The van der Waals surface area contributed by atoms with E-state index in [9.17, 15) is 14.3 Å². The van der Waals surface area contributed by atoms with E-state index >= 15 is 0 Å². The van der Waals surface area contributed by atoms with Gasteiger partial charge in [-0.25, -0.2) is 4.39 Å². The van der Waals surface area contributed by atoms with Gasteiger partial charge in [-0.05, 0) is 43.9 Å². The standard InChI is InChI=1S/C17H22FNO2/c1-12(20)13-7-10-19(11-13)16(21)17(8-2-9-17)14-3-5-15(18)6-4-14/h3-6,12-13,20H,2,7-11H2,1H3. The van der Waals surface area contributed by atoms with E-state index in [-0.39, 0.29) is 23.7 Å². The van der Waals surface area contributed by atoms with Gasteiger partial charge in [-0.15, -0.1) is 0 Å². The number of halogens is 1. The molecule has 1 aromatic carbocycles. The molecule has 0 spiro atoms. The van der Waals surface area contributed by atoms with E-state index in [0.29, 0.717) is 6.54 Å². The van der Waals surface area contributed by atoms with E-state index in [1.54, 1.807) is 19.1 Å². The third kappa shape index (κ3) is 2.46. The number of rotatable bonds is 3. The number of hydrogen-bond acceptors (Lipinski definition) is 2. The average molecular weight is 291 g/mol. The fourth-order valence-corrected chi connectivity index (χ4v) is 3.59. The summed E-state index contributed by atoms with van der Waals surface area (Å²) in [6.07, 6.45) is 3.21. The molecule has 114 valence electrons. The van der Waals surface area contributed by atoms with Crippen LogP contribution >= 0.6 is 0 Å². The molecule has 3 rings (SSSR count). The van der Waals surface area contributed by atoms with E-state index in [1.165, 1.54) is 12.1 Å². The van der Waals surface area contributed by atoms with Crippen molar-refractivity contribution in [2.75, 3.05) is 13.1 Å². The summed E-state index contributed by atoms with van der Waals surface area (Å²) in [5, 5.41) is 9.69. The van der Waals surface area contributed by atoms with Crippen molar-refractivity contribution in [1.29, 1.82) is 0 Å². The number of likely N-dealkylation sites (tertiary alicyclic amines) is 1. The Morgan fingerprint density at radius 1 is 1.38 bits per heavy atom. The van der Waals surface area contributed by atoms with E-state index in [0.717, 1.165) is 37.8 Å². The number of nitrogens with zero attached hydrogens (tertiary/aromatic N) is 1. The Hall–Kier alpha value is -1.42. The molecule has 0 bridgehead atoms. The summed E-state index contributed by atoms with van der Waals surface area (Å²) < 4.78 is 13.1. The summed E-state index contributed by atoms with van der Waals surface area (Å²) in [6.45, 7) is 3.15. The molecule has 4 heteroatoms. The van der Waals surface area contributed by atoms with E-state index < -0.39 is 5.41 Å². The lowest BCUT2D eigenvalue weighted by molar-refractivity contribution is -0.140. The first-order valence-electron chi connectivity index (χ1n) is 7.76. The number of aliphatic hydroxyl groups excluding tert-OH is 1. The van der Waals surface area contributed by atoms with Crippen molar-refractivity contribution in [1.82, 2.24) is 4.90 Å². The minimum Gasteiger partial charge on any atom is -0.393 e. The van der Waals surface area contributed by atoms with Crippen LogP contribution in [0.1, 0.15) is 38.2 Å². The summed E-state index contributed by atoms with van der Waals surface area (Å²) in [5.41, 5.74) is 0.474. The maximum absolute atomic E-state index is 13.1. The van der Waals surface area contributed by atoms with Crippen LogP contribution in [0.4, 0.5) is 4.39 Å². The minimum absolute atomic E-state index is 0.156. The number of aliphatic hydroxyl groups is 1. The molecule has 1 N–H and O–H groups in total. The molecule has 1 aliphatic heterocycles. The van der Waals surface area contributed by atoms with Gasteiger partial charge in [0, 0.05) is 19.0 Å². The normalized spacial score (nSPS) is 25.5. The molecule has 2 unspecified atom stereocenters. The Balaban J connectivity index is 1.80. The van der Waals surface area contributed by atoms with Crippen molar-refractivity contribution in [3.8, 4) is 0 Å². The van der Waals surface area contributed by atoms with Gasteiger partial charge < -0.3 is 10.0 Å². The lowest BCUT2D eigenvalue weighted by atomic mass is 9.63. The van der Waals surface area contributed by atoms with Crippen LogP contribution in [0.3, 0.4) is 0 Å². The summed E-state index contributed by atoms with van der Waals surface area (Å²) in [5.74, 6) is 0.0683. The van der Waals surface area contributed by atoms with Crippen molar-refractivity contribution < 1.29 is 14.3 Å². The Bertz CT molecular complexity index is 522. The topological polar surface area (TPSA) is 40.5 Å². The molecule has 21 heavy (non-hydrogen) atoms. The molecular formula is C17H22FNO2. The zero-order chi connectivity index (χ0) is 15.0. The van der Waals surface area contributed by atoms with Gasteiger partial charge in [0.15, 0.2) is 0 Å². The predicted molar refractivity (Wildman–Crippen MR) is 78.3 cm³/mol. The summed E-state index contributed by atoms with van der Waals surface area (Å²) in [4.78, 5) is 14.8. The largest absolute Gasteiger partial charge is 0.393 e. The molecule has 2 atom stereocenters. The van der Waals surface area contributed by atoms with Gasteiger partial charge >= 0.3 is 0 Å². The number of benzene rings is 1. The van der Waals surface area contributed by atoms with Gasteiger partial charge in [0.2, 0.25) is 5.91 Å². The molecule has 1 saturated carbocycles. The molecule has 0 aromatic heterocycles. The SMILES string of the molecule is CC(O)C1CCN(C(=O)C2(c3ccc(F)cc3)CCC2)C1. The Morgan fingerprint density at radius 2 is 2.05 bits per heavy atom. The van der Waals surface area contributed by atoms with Crippen LogP contribution < -0.4 is 0 Å². The van der Waals surface area contributed by atoms with Gasteiger partial charge in [-0.3, -0.25) is 4.79 Å². The highest BCUT2D eigenvalue weighted by Crippen LogP contribution is 2.46. The highest BCUT2D eigenvalue weighted by atomic mass is 19.1. The summed E-state index contributed by atoms with van der Waals surface area (Å²) >= 11 is 0. The van der Waals surface area contributed by atoms with Crippen molar-refractivity contribution in [3.05, 3.63) is 35.6 Å². The maximum atomic E-state index is 13.1. The molecule has 2 aliphatic rings. The lowest BCUT2D eigenvalue weighted by Crippen LogP contribution is -2.50. The van der Waals surface area contributed by atoms with E-state index in [4.69, 9.17) is 0 Å². The Kier molecular flexibility index (Phi) is 3.74. The first-order chi connectivity index (χ1) is 10.0. The molecule has 1 amide bonds. The minimum atomic E-state index is -0.457. The van der Waals surface area contributed by atoms with Crippen LogP contribution in [0.15, 0.2) is 24.3 Å². The van der Waals surface area contributed by atoms with E-state index in [1.807, 2.05) is 4.90 Å².